The Labute approximate surface area is 163 Å². The minimum absolute atomic E-state index is 0.0172. The molecule has 0 radical (unpaired) electrons. The summed E-state index contributed by atoms with van der Waals surface area (Å²) in [6.07, 6.45) is 0. The van der Waals surface area contributed by atoms with Gasteiger partial charge in [0.05, 0.1) is 4.90 Å². The highest BCUT2D eigenvalue weighted by molar-refractivity contribution is 7.86. The van der Waals surface area contributed by atoms with Crippen molar-refractivity contribution >= 4 is 21.6 Å². The molecule has 142 valence electrons. The first-order valence-corrected chi connectivity index (χ1v) is 9.86. The van der Waals surface area contributed by atoms with Gasteiger partial charge in [0, 0.05) is 11.1 Å². The molecule has 3 rings (SSSR count). The molecule has 0 fully saturated rings. The molecule has 0 atom stereocenters. The Morgan fingerprint density at radius 1 is 0.821 bits per heavy atom. The third-order valence-corrected chi connectivity index (χ3v) is 5.06. The molecule has 0 amide bonds. The van der Waals surface area contributed by atoms with E-state index in [2.05, 4.69) is 10.7 Å². The van der Waals surface area contributed by atoms with Crippen LogP contribution in [0.1, 0.15) is 21.5 Å². The van der Waals surface area contributed by atoms with Gasteiger partial charge in [-0.2, -0.15) is 14.0 Å². The number of rotatable bonds is 7. The van der Waals surface area contributed by atoms with Crippen LogP contribution < -0.4 is 5.59 Å². The van der Waals surface area contributed by atoms with Crippen LogP contribution in [0.25, 0.3) is 0 Å². The van der Waals surface area contributed by atoms with Crippen molar-refractivity contribution in [1.82, 2.24) is 5.59 Å². The van der Waals surface area contributed by atoms with E-state index in [0.717, 1.165) is 5.56 Å². The molecule has 0 bridgehead atoms. The lowest BCUT2D eigenvalue weighted by atomic mass is 10.0. The van der Waals surface area contributed by atoms with Crippen molar-refractivity contribution in [3.05, 3.63) is 102 Å². The lowest BCUT2D eigenvalue weighted by Gasteiger charge is -2.08. The third kappa shape index (κ3) is 4.70. The van der Waals surface area contributed by atoms with E-state index in [1.807, 2.05) is 6.92 Å². The molecule has 0 unspecified atom stereocenters. The highest BCUT2D eigenvalue weighted by atomic mass is 32.2. The Balaban J connectivity index is 1.85. The van der Waals surface area contributed by atoms with Gasteiger partial charge in [-0.15, -0.1) is 9.39 Å². The summed E-state index contributed by atoms with van der Waals surface area (Å²) in [6, 6.07) is 23.5. The van der Waals surface area contributed by atoms with E-state index in [1.165, 1.54) is 12.1 Å². The number of hydrazone groups is 1. The van der Waals surface area contributed by atoms with Crippen molar-refractivity contribution in [2.24, 2.45) is 5.10 Å². The minimum atomic E-state index is -4.07. The van der Waals surface area contributed by atoms with Gasteiger partial charge in [-0.25, -0.2) is 0 Å². The molecular weight excluding hydrogens is 376 g/mol. The smallest absolute Gasteiger partial charge is 0.287 e. The molecule has 0 aliphatic heterocycles. The SMILES string of the molecule is Cc1ccc(S(=O)(=O)ON/N=C(\C(=O)c2ccccc2)c2ccccc2)cc1. The Hall–Kier alpha value is -3.29. The fraction of sp³-hybridized carbons (Fsp3) is 0.0476. The third-order valence-electron chi connectivity index (χ3n) is 3.91. The number of carbonyl (C=O) groups is 1. The molecule has 3 aromatic carbocycles. The number of carbonyl (C=O) groups excluding carboxylic acids is 1. The summed E-state index contributed by atoms with van der Waals surface area (Å²) in [5, 5.41) is 3.91. The lowest BCUT2D eigenvalue weighted by Crippen LogP contribution is -2.22. The molecule has 6 nitrogen and oxygen atoms in total. The maximum absolute atomic E-state index is 12.8. The van der Waals surface area contributed by atoms with Gasteiger partial charge < -0.3 is 0 Å². The average Bonchev–Trinajstić information content (AvgIpc) is 2.72. The first-order chi connectivity index (χ1) is 13.5. The number of benzene rings is 3. The second-order valence-corrected chi connectivity index (χ2v) is 7.51. The van der Waals surface area contributed by atoms with Crippen LogP contribution in [0, 0.1) is 6.92 Å². The van der Waals surface area contributed by atoms with Gasteiger partial charge >= 0.3 is 10.1 Å². The molecule has 0 heterocycles. The van der Waals surface area contributed by atoms with Crippen molar-refractivity contribution in [2.45, 2.75) is 11.8 Å². The fourth-order valence-electron chi connectivity index (χ4n) is 2.44. The number of aryl methyl sites for hydroxylation is 1. The summed E-state index contributed by atoms with van der Waals surface area (Å²) in [6.45, 7) is 1.85. The lowest BCUT2D eigenvalue weighted by molar-refractivity contribution is 0.106. The summed E-state index contributed by atoms with van der Waals surface area (Å²) in [7, 11) is -4.07. The quantitative estimate of drug-likeness (QED) is 0.377. The molecule has 28 heavy (non-hydrogen) atoms. The van der Waals surface area contributed by atoms with Crippen molar-refractivity contribution < 1.29 is 17.5 Å². The van der Waals surface area contributed by atoms with E-state index in [-0.39, 0.29) is 16.4 Å². The Morgan fingerprint density at radius 2 is 1.36 bits per heavy atom. The van der Waals surface area contributed by atoms with Crippen LogP contribution in [0.3, 0.4) is 0 Å². The number of hydrogen-bond acceptors (Lipinski definition) is 6. The first-order valence-electron chi connectivity index (χ1n) is 8.45. The van der Waals surface area contributed by atoms with Gasteiger partial charge in [0.25, 0.3) is 0 Å². The van der Waals surface area contributed by atoms with Gasteiger partial charge in [-0.05, 0) is 19.1 Å². The molecule has 0 saturated carbocycles. The summed E-state index contributed by atoms with van der Waals surface area (Å²) in [5.74, 6) is -0.365. The number of Topliss-reactive ketones (excluding diaryl/α,β-unsaturated/α-hetero) is 1. The molecule has 7 heteroatoms. The molecule has 1 N–H and O–H groups in total. The molecular formula is C21H18N2O4S. The van der Waals surface area contributed by atoms with Crippen LogP contribution in [0.2, 0.25) is 0 Å². The molecule has 0 aromatic heterocycles. The Bertz CT molecular complexity index is 1080. The standard InChI is InChI=1S/C21H18N2O4S/c1-16-12-14-19(15-13-16)28(25,26)27-23-22-20(17-8-4-2-5-9-17)21(24)18-10-6-3-7-11-18/h2-15,23H,1H3/b22-20-. The molecule has 3 aromatic rings. The Kier molecular flexibility index (Phi) is 5.98. The first kappa shape index (κ1) is 19.5. The summed E-state index contributed by atoms with van der Waals surface area (Å²) >= 11 is 0. The average molecular weight is 394 g/mol. The number of nitrogens with zero attached hydrogens (tertiary/aromatic N) is 1. The zero-order chi connectivity index (χ0) is 20.0. The highest BCUT2D eigenvalue weighted by Gasteiger charge is 2.18. The minimum Gasteiger partial charge on any atom is -0.287 e. The van der Waals surface area contributed by atoms with Crippen molar-refractivity contribution in [3.8, 4) is 0 Å². The van der Waals surface area contributed by atoms with Crippen LogP contribution in [0.4, 0.5) is 0 Å². The van der Waals surface area contributed by atoms with E-state index in [1.54, 1.807) is 72.8 Å². The van der Waals surface area contributed by atoms with E-state index < -0.39 is 10.1 Å². The molecule has 0 spiro atoms. The fourth-order valence-corrected chi connectivity index (χ4v) is 3.14. The summed E-state index contributed by atoms with van der Waals surface area (Å²) in [4.78, 5) is 12.8. The predicted octanol–water partition coefficient (Wildman–Crippen LogP) is 3.49. The van der Waals surface area contributed by atoms with E-state index in [4.69, 9.17) is 4.28 Å². The second kappa shape index (κ2) is 8.60. The molecule has 0 aliphatic rings. The Morgan fingerprint density at radius 3 is 1.93 bits per heavy atom. The molecule has 0 saturated heterocycles. The monoisotopic (exact) mass is 394 g/mol. The second-order valence-electron chi connectivity index (χ2n) is 5.96. The van der Waals surface area contributed by atoms with Crippen LogP contribution >= 0.6 is 0 Å². The highest BCUT2D eigenvalue weighted by Crippen LogP contribution is 2.13. The largest absolute Gasteiger partial charge is 0.318 e. The zero-order valence-electron chi connectivity index (χ0n) is 15.1. The maximum Gasteiger partial charge on any atom is 0.318 e. The van der Waals surface area contributed by atoms with E-state index >= 15 is 0 Å². The van der Waals surface area contributed by atoms with Crippen LogP contribution in [0.15, 0.2) is 94.9 Å². The number of hydrogen-bond donors (Lipinski definition) is 1. The number of ketones is 1. The van der Waals surface area contributed by atoms with Gasteiger partial charge in [-0.1, -0.05) is 78.4 Å². The van der Waals surface area contributed by atoms with Gasteiger partial charge in [-0.3, -0.25) is 4.79 Å². The number of nitrogens with one attached hydrogen (secondary N) is 1. The van der Waals surface area contributed by atoms with Crippen LogP contribution in [0.5, 0.6) is 0 Å². The van der Waals surface area contributed by atoms with Crippen LogP contribution in [-0.4, -0.2) is 19.9 Å². The van der Waals surface area contributed by atoms with Gasteiger partial charge in [0.1, 0.15) is 5.71 Å². The van der Waals surface area contributed by atoms with E-state index in [9.17, 15) is 13.2 Å². The van der Waals surface area contributed by atoms with Crippen LogP contribution in [-0.2, 0) is 14.4 Å². The van der Waals surface area contributed by atoms with Crippen molar-refractivity contribution in [2.75, 3.05) is 0 Å². The van der Waals surface area contributed by atoms with Gasteiger partial charge in [0.2, 0.25) is 5.78 Å². The van der Waals surface area contributed by atoms with Crippen molar-refractivity contribution in [3.63, 3.8) is 0 Å². The van der Waals surface area contributed by atoms with E-state index in [0.29, 0.717) is 11.1 Å². The zero-order valence-corrected chi connectivity index (χ0v) is 15.9. The predicted molar refractivity (Wildman–Crippen MR) is 106 cm³/mol. The summed E-state index contributed by atoms with van der Waals surface area (Å²) < 4.78 is 29.3. The van der Waals surface area contributed by atoms with Crippen molar-refractivity contribution in [1.29, 1.82) is 0 Å². The normalized spacial score (nSPS) is 11.8. The topological polar surface area (TPSA) is 84.8 Å². The maximum atomic E-state index is 12.8. The molecule has 0 aliphatic carbocycles. The summed E-state index contributed by atoms with van der Waals surface area (Å²) in [5.41, 5.74) is 3.97. The van der Waals surface area contributed by atoms with Gasteiger partial charge in [0.15, 0.2) is 0 Å².